The molecule has 0 aromatic carbocycles. The second-order valence-electron chi connectivity index (χ2n) is 2.58. The van der Waals surface area contributed by atoms with Gasteiger partial charge in [-0.2, -0.15) is 0 Å². The lowest BCUT2D eigenvalue weighted by molar-refractivity contribution is 0.203. The largest absolute Gasteiger partial charge is 0.337 e. The van der Waals surface area contributed by atoms with Gasteiger partial charge in [-0.1, -0.05) is 0 Å². The summed E-state index contributed by atoms with van der Waals surface area (Å²) < 4.78 is 0. The van der Waals surface area contributed by atoms with Gasteiger partial charge in [0, 0.05) is 26.1 Å². The van der Waals surface area contributed by atoms with Crippen LogP contribution in [0.15, 0.2) is 0 Å². The highest BCUT2D eigenvalue weighted by Crippen LogP contribution is 1.87. The Morgan fingerprint density at radius 1 is 1.38 bits per heavy atom. The molecule has 0 aromatic rings. The molecule has 0 fully saturated rings. The van der Waals surface area contributed by atoms with Crippen molar-refractivity contribution in [2.24, 2.45) is 0 Å². The fourth-order valence-electron chi connectivity index (χ4n) is 0.980. The molecule has 0 aliphatic heterocycles. The molecule has 1 N–H and O–H groups in total. The standard InChI is InChI=1S/C10H18N2O/c1-4-7-8-9-11-10(13)12(5-2)6-3/h5-6,8-9H2,1-3H3,(H,11,13). The van der Waals surface area contributed by atoms with Gasteiger partial charge in [0.05, 0.1) is 0 Å². The third-order valence-electron chi connectivity index (χ3n) is 1.75. The summed E-state index contributed by atoms with van der Waals surface area (Å²) in [4.78, 5) is 13.1. The van der Waals surface area contributed by atoms with Gasteiger partial charge >= 0.3 is 6.03 Å². The van der Waals surface area contributed by atoms with Crippen LogP contribution in [0.5, 0.6) is 0 Å². The molecule has 0 atom stereocenters. The summed E-state index contributed by atoms with van der Waals surface area (Å²) in [5.41, 5.74) is 0. The topological polar surface area (TPSA) is 32.3 Å². The maximum Gasteiger partial charge on any atom is 0.317 e. The molecule has 2 amide bonds. The van der Waals surface area contributed by atoms with Gasteiger partial charge in [-0.25, -0.2) is 4.79 Å². The normalized spacial score (nSPS) is 8.54. The van der Waals surface area contributed by atoms with Gasteiger partial charge in [-0.05, 0) is 20.8 Å². The van der Waals surface area contributed by atoms with Crippen molar-refractivity contribution < 1.29 is 4.79 Å². The molecule has 74 valence electrons. The zero-order valence-corrected chi connectivity index (χ0v) is 8.68. The Hall–Kier alpha value is -1.17. The van der Waals surface area contributed by atoms with Crippen LogP contribution >= 0.6 is 0 Å². The van der Waals surface area contributed by atoms with Crippen molar-refractivity contribution in [3.63, 3.8) is 0 Å². The van der Waals surface area contributed by atoms with E-state index in [1.54, 1.807) is 11.8 Å². The lowest BCUT2D eigenvalue weighted by Gasteiger charge is -2.18. The molecule has 0 spiro atoms. The highest BCUT2D eigenvalue weighted by Gasteiger charge is 2.06. The first-order valence-corrected chi connectivity index (χ1v) is 4.68. The fourth-order valence-corrected chi connectivity index (χ4v) is 0.980. The SMILES string of the molecule is CC#CCCNC(=O)N(CC)CC. The molecular formula is C10H18N2O. The molecule has 0 aliphatic carbocycles. The smallest absolute Gasteiger partial charge is 0.317 e. The summed E-state index contributed by atoms with van der Waals surface area (Å²) in [5, 5.41) is 2.80. The van der Waals surface area contributed by atoms with Crippen LogP contribution in [-0.4, -0.2) is 30.6 Å². The summed E-state index contributed by atoms with van der Waals surface area (Å²) in [7, 11) is 0. The first kappa shape index (κ1) is 11.8. The van der Waals surface area contributed by atoms with Gasteiger partial charge in [0.2, 0.25) is 0 Å². The van der Waals surface area contributed by atoms with E-state index in [0.29, 0.717) is 6.54 Å². The van der Waals surface area contributed by atoms with Gasteiger partial charge in [0.15, 0.2) is 0 Å². The quantitative estimate of drug-likeness (QED) is 0.518. The van der Waals surface area contributed by atoms with Crippen LogP contribution in [-0.2, 0) is 0 Å². The summed E-state index contributed by atoms with van der Waals surface area (Å²) in [5.74, 6) is 5.68. The molecule has 0 heterocycles. The second kappa shape index (κ2) is 7.48. The Morgan fingerprint density at radius 3 is 2.46 bits per heavy atom. The van der Waals surface area contributed by atoms with Gasteiger partial charge < -0.3 is 10.2 Å². The summed E-state index contributed by atoms with van der Waals surface area (Å²) in [6, 6.07) is 0.00269. The predicted molar refractivity (Wildman–Crippen MR) is 54.4 cm³/mol. The van der Waals surface area contributed by atoms with Gasteiger partial charge in [-0.15, -0.1) is 11.8 Å². The first-order chi connectivity index (χ1) is 6.26. The number of rotatable bonds is 4. The van der Waals surface area contributed by atoms with Crippen LogP contribution in [0.2, 0.25) is 0 Å². The first-order valence-electron chi connectivity index (χ1n) is 4.68. The lowest BCUT2D eigenvalue weighted by atomic mass is 10.4. The third-order valence-corrected chi connectivity index (χ3v) is 1.75. The molecule has 0 unspecified atom stereocenters. The molecule has 13 heavy (non-hydrogen) atoms. The van der Waals surface area contributed by atoms with Gasteiger partial charge in [0.25, 0.3) is 0 Å². The number of carbonyl (C=O) groups excluding carboxylic acids is 1. The molecule has 0 aliphatic rings. The highest BCUT2D eigenvalue weighted by molar-refractivity contribution is 5.74. The van der Waals surface area contributed by atoms with Crippen LogP contribution in [0.1, 0.15) is 27.2 Å². The highest BCUT2D eigenvalue weighted by atomic mass is 16.2. The zero-order chi connectivity index (χ0) is 10.1. The Balaban J connectivity index is 3.64. The average Bonchev–Trinajstić information content (AvgIpc) is 2.14. The van der Waals surface area contributed by atoms with Gasteiger partial charge in [-0.3, -0.25) is 0 Å². The van der Waals surface area contributed by atoms with Crippen LogP contribution < -0.4 is 5.32 Å². The van der Waals surface area contributed by atoms with Crippen LogP contribution in [0.25, 0.3) is 0 Å². The van der Waals surface area contributed by atoms with E-state index in [4.69, 9.17) is 0 Å². The maximum atomic E-state index is 11.3. The fraction of sp³-hybridized carbons (Fsp3) is 0.700. The van der Waals surface area contributed by atoms with Crippen molar-refractivity contribution >= 4 is 6.03 Å². The number of nitrogens with one attached hydrogen (secondary N) is 1. The minimum atomic E-state index is 0.00269. The monoisotopic (exact) mass is 182 g/mol. The van der Waals surface area contributed by atoms with Crippen LogP contribution in [0, 0.1) is 11.8 Å². The van der Waals surface area contributed by atoms with Crippen molar-refractivity contribution in [1.29, 1.82) is 0 Å². The van der Waals surface area contributed by atoms with E-state index >= 15 is 0 Å². The molecule has 0 radical (unpaired) electrons. The van der Waals surface area contributed by atoms with Crippen molar-refractivity contribution in [2.45, 2.75) is 27.2 Å². The van der Waals surface area contributed by atoms with Gasteiger partial charge in [0.1, 0.15) is 0 Å². The summed E-state index contributed by atoms with van der Waals surface area (Å²) >= 11 is 0. The average molecular weight is 182 g/mol. The molecule has 0 rings (SSSR count). The number of carbonyl (C=O) groups is 1. The molecule has 0 saturated carbocycles. The zero-order valence-electron chi connectivity index (χ0n) is 8.68. The minimum Gasteiger partial charge on any atom is -0.337 e. The predicted octanol–water partition coefficient (Wildman–Crippen LogP) is 1.45. The Bertz CT molecular complexity index is 199. The van der Waals surface area contributed by atoms with E-state index in [-0.39, 0.29) is 6.03 Å². The number of hydrogen-bond acceptors (Lipinski definition) is 1. The van der Waals surface area contributed by atoms with Crippen LogP contribution in [0.4, 0.5) is 4.79 Å². The van der Waals surface area contributed by atoms with E-state index in [9.17, 15) is 4.79 Å². The number of urea groups is 1. The second-order valence-corrected chi connectivity index (χ2v) is 2.58. The van der Waals surface area contributed by atoms with E-state index in [0.717, 1.165) is 19.5 Å². The lowest BCUT2D eigenvalue weighted by Crippen LogP contribution is -2.39. The molecule has 3 nitrogen and oxygen atoms in total. The molecule has 3 heteroatoms. The minimum absolute atomic E-state index is 0.00269. The molecule has 0 bridgehead atoms. The van der Waals surface area contributed by atoms with Crippen LogP contribution in [0.3, 0.4) is 0 Å². The van der Waals surface area contributed by atoms with Crippen molar-refractivity contribution in [3.05, 3.63) is 0 Å². The summed E-state index contributed by atoms with van der Waals surface area (Å²) in [6.45, 7) is 7.87. The molecule has 0 aromatic heterocycles. The Morgan fingerprint density at radius 2 is 2.00 bits per heavy atom. The third kappa shape index (κ3) is 5.13. The maximum absolute atomic E-state index is 11.3. The van der Waals surface area contributed by atoms with E-state index < -0.39 is 0 Å². The summed E-state index contributed by atoms with van der Waals surface area (Å²) in [6.07, 6.45) is 0.726. The Labute approximate surface area is 80.5 Å². The van der Waals surface area contributed by atoms with E-state index in [1.165, 1.54) is 0 Å². The van der Waals surface area contributed by atoms with Crippen molar-refractivity contribution in [1.82, 2.24) is 10.2 Å². The molecular weight excluding hydrogens is 164 g/mol. The van der Waals surface area contributed by atoms with E-state index in [1.807, 2.05) is 13.8 Å². The number of amides is 2. The molecule has 0 saturated heterocycles. The number of hydrogen-bond donors (Lipinski definition) is 1. The van der Waals surface area contributed by atoms with Crippen molar-refractivity contribution in [3.8, 4) is 11.8 Å². The Kier molecular flexibility index (Phi) is 6.80. The number of nitrogens with zero attached hydrogens (tertiary/aromatic N) is 1. The van der Waals surface area contributed by atoms with Crippen molar-refractivity contribution in [2.75, 3.05) is 19.6 Å². The van der Waals surface area contributed by atoms with E-state index in [2.05, 4.69) is 17.2 Å².